The lowest BCUT2D eigenvalue weighted by molar-refractivity contribution is 0.475. The Bertz CT molecular complexity index is 313. The van der Waals surface area contributed by atoms with Crippen LogP contribution in [0.2, 0.25) is 0 Å². The lowest BCUT2D eigenvalue weighted by Gasteiger charge is -1.82. The fourth-order valence-electron chi connectivity index (χ4n) is 0.843. The summed E-state index contributed by atoms with van der Waals surface area (Å²) in [6.45, 7) is 0. The Morgan fingerprint density at radius 1 is 0.733 bits per heavy atom. The molecule has 0 aliphatic carbocycles. The molecule has 0 spiro atoms. The second kappa shape index (κ2) is 8.61. The molecule has 2 aromatic carbocycles. The molecule has 0 bridgehead atoms. The second-order valence-electron chi connectivity index (χ2n) is 2.63. The number of phenolic OH excluding ortho intramolecular Hbond substituents is 1. The molecule has 0 saturated heterocycles. The minimum Gasteiger partial charge on any atom is -0.508 e. The molecule has 80 valence electrons. The lowest BCUT2D eigenvalue weighted by atomic mass is 10.3. The molecule has 1 nitrogen and oxygen atoms in total. The monoisotopic (exact) mass is 332 g/mol. The summed E-state index contributed by atoms with van der Waals surface area (Å²) in [7, 11) is 0. The highest BCUT2D eigenvalue weighted by Crippen LogP contribution is 2.02. The van der Waals surface area contributed by atoms with E-state index >= 15 is 0 Å². The smallest absolute Gasteiger partial charge is 0.115 e. The van der Waals surface area contributed by atoms with Gasteiger partial charge >= 0.3 is 0 Å². The van der Waals surface area contributed by atoms with Gasteiger partial charge in [-0.05, 0) is 46.9 Å². The van der Waals surface area contributed by atoms with E-state index in [1.807, 2.05) is 24.3 Å². The van der Waals surface area contributed by atoms with Gasteiger partial charge in [0.1, 0.15) is 5.75 Å². The molecule has 0 amide bonds. The van der Waals surface area contributed by atoms with Crippen molar-refractivity contribution in [1.82, 2.24) is 0 Å². The number of aromatic hydroxyl groups is 1. The summed E-state index contributed by atoms with van der Waals surface area (Å²) >= 11 is 2.28. The van der Waals surface area contributed by atoms with Crippen LogP contribution in [0.15, 0.2) is 60.7 Å². The number of hydrogen-bond acceptors (Lipinski definition) is 1. The highest BCUT2D eigenvalue weighted by Gasteiger charge is 1.75. The first-order valence-corrected chi connectivity index (χ1v) is 5.31. The predicted molar refractivity (Wildman–Crippen MR) is 77.6 cm³/mol. The van der Waals surface area contributed by atoms with Crippen LogP contribution in [-0.4, -0.2) is 5.11 Å². The van der Waals surface area contributed by atoms with Crippen LogP contribution in [0.25, 0.3) is 0 Å². The number of hydrogen-bond donors (Lipinski definition) is 1. The number of benzene rings is 2. The summed E-state index contributed by atoms with van der Waals surface area (Å²) in [6.07, 6.45) is 0. The van der Waals surface area contributed by atoms with Gasteiger partial charge in [0.15, 0.2) is 0 Å². The van der Waals surface area contributed by atoms with Gasteiger partial charge < -0.3 is 5.11 Å². The molecule has 0 heterocycles. The van der Waals surface area contributed by atoms with E-state index < -0.39 is 0 Å². The van der Waals surface area contributed by atoms with Crippen molar-refractivity contribution in [3.05, 3.63) is 64.2 Å². The highest BCUT2D eigenvalue weighted by molar-refractivity contribution is 14.1. The van der Waals surface area contributed by atoms with Crippen LogP contribution in [0.3, 0.4) is 0 Å². The zero-order chi connectivity index (χ0) is 10.2. The minimum atomic E-state index is 0. The third kappa shape index (κ3) is 7.27. The Hall–Kier alpha value is -0.680. The summed E-state index contributed by atoms with van der Waals surface area (Å²) in [4.78, 5) is 0. The lowest BCUT2D eigenvalue weighted by Crippen LogP contribution is -1.61. The Balaban J connectivity index is 0.000000245. The minimum absolute atomic E-state index is 0. The van der Waals surface area contributed by atoms with Gasteiger partial charge in [0.2, 0.25) is 0 Å². The van der Waals surface area contributed by atoms with Crippen LogP contribution in [0, 0.1) is 3.57 Å². The molecule has 2 aromatic rings. The average molecular weight is 332 g/mol. The first kappa shape index (κ1) is 14.3. The normalized spacial score (nSPS) is 8.07. The van der Waals surface area contributed by atoms with Crippen molar-refractivity contribution in [2.75, 3.05) is 0 Å². The first-order chi connectivity index (χ1) is 6.79. The fourth-order valence-corrected chi connectivity index (χ4v) is 1.26. The van der Waals surface area contributed by atoms with Crippen LogP contribution in [0.4, 0.5) is 0 Å². The quantitative estimate of drug-likeness (QED) is 0.728. The zero-order valence-corrected chi connectivity index (χ0v) is 11.3. The van der Waals surface area contributed by atoms with E-state index in [0.29, 0.717) is 5.75 Å². The first-order valence-electron chi connectivity index (χ1n) is 4.23. The van der Waals surface area contributed by atoms with Crippen molar-refractivity contribution in [2.24, 2.45) is 0 Å². The summed E-state index contributed by atoms with van der Waals surface area (Å²) in [6, 6.07) is 18.9. The predicted octanol–water partition coefficient (Wildman–Crippen LogP) is 3.80. The van der Waals surface area contributed by atoms with Crippen molar-refractivity contribution in [2.45, 2.75) is 0 Å². The molecule has 0 aromatic heterocycles. The van der Waals surface area contributed by atoms with Crippen LogP contribution in [0.1, 0.15) is 0 Å². The van der Waals surface area contributed by atoms with Gasteiger partial charge in [-0.15, -0.1) is 0 Å². The van der Waals surface area contributed by atoms with Crippen molar-refractivity contribution >= 4 is 36.1 Å². The van der Waals surface area contributed by atoms with Gasteiger partial charge in [-0.2, -0.15) is 13.5 Å². The van der Waals surface area contributed by atoms with E-state index in [1.54, 1.807) is 24.3 Å². The van der Waals surface area contributed by atoms with E-state index in [4.69, 9.17) is 5.11 Å². The maximum absolute atomic E-state index is 8.63. The Labute approximate surface area is 111 Å². The second-order valence-corrected chi connectivity index (χ2v) is 3.88. The molecular weight excluding hydrogens is 319 g/mol. The van der Waals surface area contributed by atoms with Crippen LogP contribution in [0.5, 0.6) is 5.75 Å². The molecule has 2 rings (SSSR count). The maximum atomic E-state index is 8.63. The van der Waals surface area contributed by atoms with Gasteiger partial charge in [0, 0.05) is 3.57 Å². The zero-order valence-electron chi connectivity index (χ0n) is 8.10. The summed E-state index contributed by atoms with van der Waals surface area (Å²) in [5.41, 5.74) is 0. The standard InChI is InChI=1S/C6H5I.C6H6O.H2S/c2*7-6-4-2-1-3-5-6;/h1-5H;1-5,7H;1H2. The van der Waals surface area contributed by atoms with Crippen molar-refractivity contribution in [3.8, 4) is 5.75 Å². The Kier molecular flexibility index (Phi) is 8.22. The number of phenols is 1. The van der Waals surface area contributed by atoms with Gasteiger partial charge in [-0.25, -0.2) is 0 Å². The largest absolute Gasteiger partial charge is 0.508 e. The third-order valence-corrected chi connectivity index (χ3v) is 2.21. The Morgan fingerprint density at radius 3 is 1.33 bits per heavy atom. The summed E-state index contributed by atoms with van der Waals surface area (Å²) < 4.78 is 1.29. The summed E-state index contributed by atoms with van der Waals surface area (Å²) in [5, 5.41) is 8.63. The van der Waals surface area contributed by atoms with Gasteiger partial charge in [-0.1, -0.05) is 36.4 Å². The van der Waals surface area contributed by atoms with E-state index in [0.717, 1.165) is 0 Å². The molecule has 15 heavy (non-hydrogen) atoms. The third-order valence-electron chi connectivity index (χ3n) is 1.49. The van der Waals surface area contributed by atoms with Crippen LogP contribution < -0.4 is 0 Å². The van der Waals surface area contributed by atoms with Gasteiger partial charge in [0.25, 0.3) is 0 Å². The fraction of sp³-hybridized carbons (Fsp3) is 0. The number of halogens is 1. The van der Waals surface area contributed by atoms with E-state index in [9.17, 15) is 0 Å². The van der Waals surface area contributed by atoms with Crippen LogP contribution in [-0.2, 0) is 0 Å². The number of rotatable bonds is 0. The van der Waals surface area contributed by atoms with Gasteiger partial charge in [0.05, 0.1) is 0 Å². The SMILES string of the molecule is Ic1ccccc1.Oc1ccccc1.S. The van der Waals surface area contributed by atoms with Crippen molar-refractivity contribution in [3.63, 3.8) is 0 Å². The molecule has 0 aliphatic rings. The molecule has 0 unspecified atom stereocenters. The highest BCUT2D eigenvalue weighted by atomic mass is 127. The number of para-hydroxylation sites is 1. The molecule has 1 N–H and O–H groups in total. The molecule has 0 radical (unpaired) electrons. The molecular formula is C12H13IOS. The topological polar surface area (TPSA) is 20.2 Å². The molecule has 0 atom stereocenters. The Morgan fingerprint density at radius 2 is 1.13 bits per heavy atom. The molecule has 0 fully saturated rings. The maximum Gasteiger partial charge on any atom is 0.115 e. The summed E-state index contributed by atoms with van der Waals surface area (Å²) in [5.74, 6) is 0.322. The molecule has 3 heteroatoms. The van der Waals surface area contributed by atoms with Gasteiger partial charge in [-0.3, -0.25) is 0 Å². The van der Waals surface area contributed by atoms with E-state index in [-0.39, 0.29) is 13.5 Å². The van der Waals surface area contributed by atoms with E-state index in [2.05, 4.69) is 34.7 Å². The van der Waals surface area contributed by atoms with Crippen molar-refractivity contribution < 1.29 is 5.11 Å². The van der Waals surface area contributed by atoms with Crippen LogP contribution >= 0.6 is 36.1 Å². The van der Waals surface area contributed by atoms with Crippen molar-refractivity contribution in [1.29, 1.82) is 0 Å². The molecule has 0 aliphatic heterocycles. The van der Waals surface area contributed by atoms with E-state index in [1.165, 1.54) is 3.57 Å². The average Bonchev–Trinajstić information content (AvgIpc) is 2.21. The molecule has 0 saturated carbocycles.